The van der Waals surface area contributed by atoms with Gasteiger partial charge >= 0.3 is 0 Å². The molecule has 5 heteroatoms. The van der Waals surface area contributed by atoms with Gasteiger partial charge in [0.2, 0.25) is 0 Å². The van der Waals surface area contributed by atoms with Crippen LogP contribution in [0, 0.1) is 0 Å². The summed E-state index contributed by atoms with van der Waals surface area (Å²) in [6, 6.07) is 10.8. The van der Waals surface area contributed by atoms with Crippen molar-refractivity contribution in [2.24, 2.45) is 0 Å². The lowest BCUT2D eigenvalue weighted by Gasteiger charge is -2.27. The molecule has 0 aliphatic rings. The minimum atomic E-state index is -1.08. The minimum Gasteiger partial charge on any atom is -0.383 e. The number of amides is 1. The number of hydrogen-bond donors (Lipinski definition) is 2. The minimum absolute atomic E-state index is 0.152. The highest BCUT2D eigenvalue weighted by Crippen LogP contribution is 2.25. The number of carbonyl (C=O) groups is 1. The molecule has 2 rings (SSSR count). The van der Waals surface area contributed by atoms with Crippen LogP contribution in [0.1, 0.15) is 29.3 Å². The maximum atomic E-state index is 12.0. The maximum absolute atomic E-state index is 12.0. The zero-order valence-electron chi connectivity index (χ0n) is 11.7. The first-order valence-corrected chi connectivity index (χ1v) is 7.51. The van der Waals surface area contributed by atoms with Gasteiger partial charge in [-0.15, -0.1) is 0 Å². The molecule has 0 aliphatic carbocycles. The fraction of sp³-hybridized carbons (Fsp3) is 0.250. The number of hydrogen-bond acceptors (Lipinski definition) is 3. The van der Waals surface area contributed by atoms with Crippen molar-refractivity contribution in [2.45, 2.75) is 18.9 Å². The lowest BCUT2D eigenvalue weighted by molar-refractivity contribution is 0.0314. The second-order valence-corrected chi connectivity index (χ2v) is 5.73. The zero-order chi connectivity index (χ0) is 15.3. The van der Waals surface area contributed by atoms with Gasteiger partial charge < -0.3 is 10.4 Å². The number of halogens is 1. The van der Waals surface area contributed by atoms with Crippen LogP contribution in [0.15, 0.2) is 53.3 Å². The highest BCUT2D eigenvalue weighted by atomic mass is 79.9. The summed E-state index contributed by atoms with van der Waals surface area (Å²) in [5, 5.41) is 13.5. The number of nitrogens with zero attached hydrogens (tertiary/aromatic N) is 1. The summed E-state index contributed by atoms with van der Waals surface area (Å²) in [5.41, 5.74) is 0.171. The van der Waals surface area contributed by atoms with Gasteiger partial charge in [-0.1, -0.05) is 35.0 Å². The molecule has 0 spiro atoms. The number of benzene rings is 1. The Hall–Kier alpha value is -1.72. The summed E-state index contributed by atoms with van der Waals surface area (Å²) in [5.74, 6) is -0.243. The lowest BCUT2D eigenvalue weighted by Crippen LogP contribution is -2.40. The van der Waals surface area contributed by atoms with Gasteiger partial charge in [-0.3, -0.25) is 9.78 Å². The number of carbonyl (C=O) groups excluding carboxylic acids is 1. The predicted octanol–water partition coefficient (Wildman–Crippen LogP) is 2.87. The molecule has 0 unspecified atom stereocenters. The number of nitrogens with one attached hydrogen (secondary N) is 1. The van der Waals surface area contributed by atoms with Crippen molar-refractivity contribution in [3.63, 3.8) is 0 Å². The normalized spacial score (nSPS) is 13.5. The Bertz CT molecular complexity index is 601. The first kappa shape index (κ1) is 15.7. The van der Waals surface area contributed by atoms with E-state index in [4.69, 9.17) is 0 Å². The van der Waals surface area contributed by atoms with Crippen LogP contribution < -0.4 is 5.32 Å². The van der Waals surface area contributed by atoms with Crippen molar-refractivity contribution in [3.05, 3.63) is 64.4 Å². The van der Waals surface area contributed by atoms with Crippen LogP contribution >= 0.6 is 15.9 Å². The van der Waals surface area contributed by atoms with E-state index in [0.29, 0.717) is 12.0 Å². The third-order valence-electron chi connectivity index (χ3n) is 3.43. The maximum Gasteiger partial charge on any atom is 0.252 e. The molecule has 0 aliphatic heterocycles. The van der Waals surface area contributed by atoms with Crippen LogP contribution in [0.5, 0.6) is 0 Å². The molecule has 0 radical (unpaired) electrons. The number of aliphatic hydroxyl groups is 1. The summed E-state index contributed by atoms with van der Waals surface area (Å²) in [6.45, 7) is 2.04. The number of rotatable bonds is 5. The molecule has 1 aromatic heterocycles. The molecule has 0 saturated heterocycles. The molecule has 2 aromatic rings. The molecule has 1 atom stereocenters. The van der Waals surface area contributed by atoms with Crippen molar-refractivity contribution in [1.82, 2.24) is 10.3 Å². The molecular formula is C16H17BrN2O2. The Balaban J connectivity index is 2.08. The topological polar surface area (TPSA) is 62.2 Å². The highest BCUT2D eigenvalue weighted by molar-refractivity contribution is 9.10. The van der Waals surface area contributed by atoms with Crippen LogP contribution in [0.2, 0.25) is 0 Å². The molecule has 21 heavy (non-hydrogen) atoms. The molecule has 4 nitrogen and oxygen atoms in total. The van der Waals surface area contributed by atoms with Crippen LogP contribution in [0.3, 0.4) is 0 Å². The van der Waals surface area contributed by atoms with Gasteiger partial charge in [-0.25, -0.2) is 0 Å². The molecule has 2 N–H and O–H groups in total. The summed E-state index contributed by atoms with van der Waals surface area (Å²) >= 11 is 3.37. The third-order valence-corrected chi connectivity index (χ3v) is 3.96. The molecule has 0 fully saturated rings. The fourth-order valence-corrected chi connectivity index (χ4v) is 2.28. The highest BCUT2D eigenvalue weighted by Gasteiger charge is 2.27. The second kappa shape index (κ2) is 6.83. The van der Waals surface area contributed by atoms with Crippen LogP contribution in [0.4, 0.5) is 0 Å². The van der Waals surface area contributed by atoms with Crippen molar-refractivity contribution >= 4 is 21.8 Å². The monoisotopic (exact) mass is 348 g/mol. The third kappa shape index (κ3) is 3.89. The van der Waals surface area contributed by atoms with E-state index in [0.717, 1.165) is 10.0 Å². The lowest BCUT2D eigenvalue weighted by atomic mass is 9.91. The quantitative estimate of drug-likeness (QED) is 0.873. The Morgan fingerprint density at radius 3 is 2.62 bits per heavy atom. The van der Waals surface area contributed by atoms with E-state index in [1.807, 2.05) is 31.2 Å². The van der Waals surface area contributed by atoms with Crippen molar-refractivity contribution < 1.29 is 9.90 Å². The standard InChI is InChI=1S/C16H17BrN2O2/c1-2-16(21,13-5-7-14(17)8-6-13)11-19-15(20)12-4-3-9-18-10-12/h3-10,21H,2,11H2,1H3,(H,19,20)/t16-/m0/s1. The fourth-order valence-electron chi connectivity index (χ4n) is 2.02. The van der Waals surface area contributed by atoms with Crippen molar-refractivity contribution in [3.8, 4) is 0 Å². The van der Waals surface area contributed by atoms with E-state index >= 15 is 0 Å². The summed E-state index contributed by atoms with van der Waals surface area (Å²) in [6.07, 6.45) is 3.61. The van der Waals surface area contributed by atoms with Gasteiger partial charge in [0.1, 0.15) is 5.60 Å². The molecule has 1 heterocycles. The van der Waals surface area contributed by atoms with E-state index in [1.165, 1.54) is 6.20 Å². The Morgan fingerprint density at radius 2 is 2.05 bits per heavy atom. The molecule has 1 aromatic carbocycles. The molecule has 110 valence electrons. The van der Waals surface area contributed by atoms with Gasteiger partial charge in [-0.2, -0.15) is 0 Å². The smallest absolute Gasteiger partial charge is 0.252 e. The van der Waals surface area contributed by atoms with E-state index < -0.39 is 5.60 Å². The molecule has 1 amide bonds. The summed E-state index contributed by atoms with van der Waals surface area (Å²) in [7, 11) is 0. The van der Waals surface area contributed by atoms with Gasteiger partial charge in [0.05, 0.1) is 12.1 Å². The predicted molar refractivity (Wildman–Crippen MR) is 84.9 cm³/mol. The molecule has 0 saturated carbocycles. The Kier molecular flexibility index (Phi) is 5.09. The molecule has 0 bridgehead atoms. The largest absolute Gasteiger partial charge is 0.383 e. The summed E-state index contributed by atoms with van der Waals surface area (Å²) < 4.78 is 0.948. The van der Waals surface area contributed by atoms with Crippen molar-refractivity contribution in [1.29, 1.82) is 0 Å². The van der Waals surface area contributed by atoms with Crippen LogP contribution in [-0.4, -0.2) is 22.5 Å². The van der Waals surface area contributed by atoms with Gasteiger partial charge in [-0.05, 0) is 36.2 Å². The zero-order valence-corrected chi connectivity index (χ0v) is 13.3. The van der Waals surface area contributed by atoms with Crippen LogP contribution in [-0.2, 0) is 5.60 Å². The average molecular weight is 349 g/mol. The van der Waals surface area contributed by atoms with E-state index in [-0.39, 0.29) is 12.5 Å². The van der Waals surface area contributed by atoms with E-state index in [9.17, 15) is 9.90 Å². The average Bonchev–Trinajstić information content (AvgIpc) is 2.53. The Morgan fingerprint density at radius 1 is 1.33 bits per heavy atom. The summed E-state index contributed by atoms with van der Waals surface area (Å²) in [4.78, 5) is 15.9. The molecular weight excluding hydrogens is 332 g/mol. The Labute approximate surface area is 132 Å². The SMILES string of the molecule is CC[C@](O)(CNC(=O)c1cccnc1)c1ccc(Br)cc1. The second-order valence-electron chi connectivity index (χ2n) is 4.82. The van der Waals surface area contributed by atoms with Gasteiger partial charge in [0, 0.05) is 16.9 Å². The number of aromatic nitrogens is 1. The first-order chi connectivity index (χ1) is 10.0. The van der Waals surface area contributed by atoms with Crippen molar-refractivity contribution in [2.75, 3.05) is 6.54 Å². The number of pyridine rings is 1. The van der Waals surface area contributed by atoms with E-state index in [1.54, 1.807) is 18.3 Å². The van der Waals surface area contributed by atoms with E-state index in [2.05, 4.69) is 26.2 Å². The van der Waals surface area contributed by atoms with Gasteiger partial charge in [0.15, 0.2) is 0 Å². The first-order valence-electron chi connectivity index (χ1n) is 6.72. The van der Waals surface area contributed by atoms with Gasteiger partial charge in [0.25, 0.3) is 5.91 Å². The van der Waals surface area contributed by atoms with Crippen LogP contribution in [0.25, 0.3) is 0 Å².